The van der Waals surface area contributed by atoms with E-state index in [1.165, 1.54) is 0 Å². The van der Waals surface area contributed by atoms with Gasteiger partial charge in [-0.05, 0) is 47.9 Å². The van der Waals surface area contributed by atoms with Crippen molar-refractivity contribution in [3.63, 3.8) is 0 Å². The molecule has 3 rings (SSSR count). The average molecular weight is 446 g/mol. The highest BCUT2D eigenvalue weighted by atomic mass is 35.5. The number of hydrogen-bond acceptors (Lipinski definition) is 4. The first kappa shape index (κ1) is 22.4. The zero-order chi connectivity index (χ0) is 21.3. The standard InChI is InChI=1S/C24H25Cl2NO3/c1-2-29-23-13-18(14-27-15-22(28)19-8-4-3-5-9-19)12-21(26)24(23)30-16-17-7-6-10-20(25)11-17/h3-13,22,27-28H,2,14-16H2,1H3/t22-/m1/s1. The smallest absolute Gasteiger partial charge is 0.180 e. The molecule has 0 unspecified atom stereocenters. The quantitative estimate of drug-likeness (QED) is 0.414. The number of aliphatic hydroxyl groups is 1. The first-order valence-electron chi connectivity index (χ1n) is 9.83. The number of benzene rings is 3. The molecule has 0 spiro atoms. The molecule has 0 aliphatic heterocycles. The predicted molar refractivity (Wildman–Crippen MR) is 122 cm³/mol. The molecule has 0 bridgehead atoms. The predicted octanol–water partition coefficient (Wildman–Crippen LogP) is 5.79. The number of aliphatic hydroxyl groups excluding tert-OH is 1. The molecule has 0 saturated carbocycles. The molecule has 0 amide bonds. The van der Waals surface area contributed by atoms with E-state index < -0.39 is 6.10 Å². The van der Waals surface area contributed by atoms with Crippen LogP contribution >= 0.6 is 23.2 Å². The third-order valence-electron chi connectivity index (χ3n) is 4.49. The van der Waals surface area contributed by atoms with E-state index in [0.717, 1.165) is 16.7 Å². The fraction of sp³-hybridized carbons (Fsp3) is 0.250. The van der Waals surface area contributed by atoms with Gasteiger partial charge in [0.1, 0.15) is 6.61 Å². The van der Waals surface area contributed by atoms with Crippen LogP contribution < -0.4 is 14.8 Å². The lowest BCUT2D eigenvalue weighted by Gasteiger charge is -2.16. The van der Waals surface area contributed by atoms with Crippen LogP contribution in [0.4, 0.5) is 0 Å². The summed E-state index contributed by atoms with van der Waals surface area (Å²) in [5.41, 5.74) is 2.77. The number of hydrogen-bond donors (Lipinski definition) is 2. The zero-order valence-corrected chi connectivity index (χ0v) is 18.3. The first-order chi connectivity index (χ1) is 14.6. The van der Waals surface area contributed by atoms with E-state index >= 15 is 0 Å². The van der Waals surface area contributed by atoms with Crippen LogP contribution in [0.5, 0.6) is 11.5 Å². The molecule has 0 heterocycles. The lowest BCUT2D eigenvalue weighted by atomic mass is 10.1. The summed E-state index contributed by atoms with van der Waals surface area (Å²) in [7, 11) is 0. The Morgan fingerprint density at radius 2 is 1.73 bits per heavy atom. The van der Waals surface area contributed by atoms with Crippen LogP contribution in [0.2, 0.25) is 10.0 Å². The second-order valence-corrected chi connectivity index (χ2v) is 7.66. The Bertz CT molecular complexity index is 950. The van der Waals surface area contributed by atoms with Gasteiger partial charge in [-0.1, -0.05) is 65.7 Å². The van der Waals surface area contributed by atoms with E-state index in [2.05, 4.69) is 5.32 Å². The number of halogens is 2. The molecule has 0 fully saturated rings. The summed E-state index contributed by atoms with van der Waals surface area (Å²) in [4.78, 5) is 0. The third-order valence-corrected chi connectivity index (χ3v) is 5.01. The lowest BCUT2D eigenvalue weighted by Crippen LogP contribution is -2.21. The molecule has 0 radical (unpaired) electrons. The fourth-order valence-electron chi connectivity index (χ4n) is 3.05. The molecule has 0 aliphatic carbocycles. The number of rotatable bonds is 10. The Balaban J connectivity index is 1.64. The summed E-state index contributed by atoms with van der Waals surface area (Å²) >= 11 is 12.5. The van der Waals surface area contributed by atoms with Crippen molar-refractivity contribution in [2.45, 2.75) is 26.2 Å². The minimum Gasteiger partial charge on any atom is -0.490 e. The van der Waals surface area contributed by atoms with Crippen LogP contribution in [0.15, 0.2) is 66.7 Å². The lowest BCUT2D eigenvalue weighted by molar-refractivity contribution is 0.174. The largest absolute Gasteiger partial charge is 0.490 e. The van der Waals surface area contributed by atoms with Crippen molar-refractivity contribution in [2.75, 3.05) is 13.2 Å². The van der Waals surface area contributed by atoms with Gasteiger partial charge in [0.25, 0.3) is 0 Å². The molecule has 30 heavy (non-hydrogen) atoms. The van der Waals surface area contributed by atoms with Crippen LogP contribution in [0, 0.1) is 0 Å². The van der Waals surface area contributed by atoms with Gasteiger partial charge in [-0.2, -0.15) is 0 Å². The van der Waals surface area contributed by atoms with Crippen molar-refractivity contribution in [1.29, 1.82) is 0 Å². The van der Waals surface area contributed by atoms with Gasteiger partial charge in [0, 0.05) is 18.1 Å². The minimum atomic E-state index is -0.576. The molecular formula is C24H25Cl2NO3. The van der Waals surface area contributed by atoms with Crippen molar-refractivity contribution >= 4 is 23.2 Å². The van der Waals surface area contributed by atoms with Gasteiger partial charge >= 0.3 is 0 Å². The monoisotopic (exact) mass is 445 g/mol. The molecule has 6 heteroatoms. The van der Waals surface area contributed by atoms with Gasteiger partial charge in [0.05, 0.1) is 17.7 Å². The fourth-order valence-corrected chi connectivity index (χ4v) is 3.56. The Kier molecular flexibility index (Phi) is 8.40. The Morgan fingerprint density at radius 3 is 2.47 bits per heavy atom. The maximum atomic E-state index is 10.3. The van der Waals surface area contributed by atoms with E-state index in [4.69, 9.17) is 32.7 Å². The van der Waals surface area contributed by atoms with Crippen LogP contribution in [-0.2, 0) is 13.2 Å². The minimum absolute atomic E-state index is 0.335. The number of nitrogens with one attached hydrogen (secondary N) is 1. The van der Waals surface area contributed by atoms with Gasteiger partial charge in [-0.3, -0.25) is 0 Å². The molecule has 0 aromatic heterocycles. The summed E-state index contributed by atoms with van der Waals surface area (Å²) < 4.78 is 11.7. The van der Waals surface area contributed by atoms with Crippen LogP contribution in [0.25, 0.3) is 0 Å². The molecule has 2 N–H and O–H groups in total. The maximum Gasteiger partial charge on any atom is 0.180 e. The van der Waals surface area contributed by atoms with Gasteiger partial charge < -0.3 is 19.9 Å². The van der Waals surface area contributed by atoms with E-state index in [1.54, 1.807) is 0 Å². The zero-order valence-electron chi connectivity index (χ0n) is 16.8. The van der Waals surface area contributed by atoms with Crippen molar-refractivity contribution in [1.82, 2.24) is 5.32 Å². The summed E-state index contributed by atoms with van der Waals surface area (Å²) in [6, 6.07) is 20.8. The Labute approximate surface area is 187 Å². The molecule has 4 nitrogen and oxygen atoms in total. The molecule has 1 atom stereocenters. The normalized spacial score (nSPS) is 11.9. The van der Waals surface area contributed by atoms with Gasteiger partial charge in [-0.15, -0.1) is 0 Å². The molecule has 3 aromatic rings. The van der Waals surface area contributed by atoms with Crippen LogP contribution in [-0.4, -0.2) is 18.3 Å². The second-order valence-electron chi connectivity index (χ2n) is 6.81. The maximum absolute atomic E-state index is 10.3. The van der Waals surface area contributed by atoms with Crippen molar-refractivity contribution in [3.05, 3.63) is 93.5 Å². The SMILES string of the molecule is CCOc1cc(CNC[C@@H](O)c2ccccc2)cc(Cl)c1OCc1cccc(Cl)c1. The summed E-state index contributed by atoms with van der Waals surface area (Å²) in [6.07, 6.45) is -0.576. The summed E-state index contributed by atoms with van der Waals surface area (Å²) in [5, 5.41) is 14.7. The number of ether oxygens (including phenoxy) is 2. The van der Waals surface area contributed by atoms with Crippen LogP contribution in [0.1, 0.15) is 29.7 Å². The highest BCUT2D eigenvalue weighted by molar-refractivity contribution is 6.32. The van der Waals surface area contributed by atoms with E-state index in [-0.39, 0.29) is 0 Å². The van der Waals surface area contributed by atoms with E-state index in [0.29, 0.717) is 47.8 Å². The van der Waals surface area contributed by atoms with Crippen molar-refractivity contribution in [3.8, 4) is 11.5 Å². The van der Waals surface area contributed by atoms with Crippen LogP contribution in [0.3, 0.4) is 0 Å². The molecule has 158 valence electrons. The third kappa shape index (κ3) is 6.38. The average Bonchev–Trinajstić information content (AvgIpc) is 2.74. The van der Waals surface area contributed by atoms with Gasteiger partial charge in [0.2, 0.25) is 0 Å². The highest BCUT2D eigenvalue weighted by Crippen LogP contribution is 2.37. The molecular weight excluding hydrogens is 421 g/mol. The second kappa shape index (κ2) is 11.2. The molecule has 0 saturated heterocycles. The summed E-state index contributed by atoms with van der Waals surface area (Å²) in [5.74, 6) is 1.10. The molecule has 3 aromatic carbocycles. The first-order valence-corrected chi connectivity index (χ1v) is 10.6. The highest BCUT2D eigenvalue weighted by Gasteiger charge is 2.14. The van der Waals surface area contributed by atoms with Crippen molar-refractivity contribution in [2.24, 2.45) is 0 Å². The van der Waals surface area contributed by atoms with Crippen molar-refractivity contribution < 1.29 is 14.6 Å². The van der Waals surface area contributed by atoms with E-state index in [1.807, 2.05) is 73.7 Å². The molecule has 0 aliphatic rings. The summed E-state index contributed by atoms with van der Waals surface area (Å²) in [6.45, 7) is 3.71. The Morgan fingerprint density at radius 1 is 0.933 bits per heavy atom. The topological polar surface area (TPSA) is 50.7 Å². The van der Waals surface area contributed by atoms with Gasteiger partial charge in [-0.25, -0.2) is 0 Å². The van der Waals surface area contributed by atoms with Gasteiger partial charge in [0.15, 0.2) is 11.5 Å². The van der Waals surface area contributed by atoms with E-state index in [9.17, 15) is 5.11 Å². The Hall–Kier alpha value is -2.24.